The van der Waals surface area contributed by atoms with Crippen LogP contribution in [0.3, 0.4) is 0 Å². The normalized spacial score (nSPS) is 10.1. The molecule has 0 bridgehead atoms. The summed E-state index contributed by atoms with van der Waals surface area (Å²) in [6.07, 6.45) is 2.62. The lowest BCUT2D eigenvalue weighted by Gasteiger charge is -2.13. The maximum absolute atomic E-state index is 11.8. The minimum Gasteiger partial charge on any atom is -0.493 e. The standard InChI is InChI=1S/C15H19NO3.C9H8F2O2.C2H6/c1-5-12-9-18-15(16-12)11-6-7-13(17-4)14(8-11)19-10(2)3;1-6(12)7-4-2-3-5-8(7)13-9(10)11;1-2/h6-10H,5H2,1-4H3;2-5,9H,1H3;1-2H3. The Labute approximate surface area is 199 Å². The number of ether oxygens (including phenoxy) is 3. The molecule has 1 aromatic heterocycles. The van der Waals surface area contributed by atoms with E-state index in [0.29, 0.717) is 17.4 Å². The fourth-order valence-corrected chi connectivity index (χ4v) is 2.71. The number of benzene rings is 2. The van der Waals surface area contributed by atoms with Gasteiger partial charge in [-0.1, -0.05) is 32.9 Å². The van der Waals surface area contributed by atoms with Gasteiger partial charge < -0.3 is 18.6 Å². The van der Waals surface area contributed by atoms with Crippen LogP contribution in [0.2, 0.25) is 0 Å². The molecule has 0 saturated carbocycles. The molecule has 8 heteroatoms. The molecule has 0 N–H and O–H groups in total. The van der Waals surface area contributed by atoms with E-state index in [1.54, 1.807) is 19.4 Å². The quantitative estimate of drug-likeness (QED) is 0.319. The molecule has 0 unspecified atom stereocenters. The van der Waals surface area contributed by atoms with Crippen LogP contribution < -0.4 is 14.2 Å². The Morgan fingerprint density at radius 2 is 1.71 bits per heavy atom. The maximum atomic E-state index is 11.8. The van der Waals surface area contributed by atoms with E-state index in [0.717, 1.165) is 17.7 Å². The minimum atomic E-state index is -2.90. The molecule has 0 amide bonds. The lowest BCUT2D eigenvalue weighted by atomic mass is 10.1. The lowest BCUT2D eigenvalue weighted by molar-refractivity contribution is -0.0501. The van der Waals surface area contributed by atoms with Crippen molar-refractivity contribution in [3.63, 3.8) is 0 Å². The molecule has 3 rings (SSSR count). The molecule has 186 valence electrons. The third-order valence-corrected chi connectivity index (χ3v) is 4.17. The summed E-state index contributed by atoms with van der Waals surface area (Å²) in [6, 6.07) is 11.6. The maximum Gasteiger partial charge on any atom is 0.387 e. The number of hydrogen-bond donors (Lipinski definition) is 0. The van der Waals surface area contributed by atoms with Crippen LogP contribution in [-0.4, -0.2) is 30.6 Å². The number of para-hydroxylation sites is 1. The number of carbonyl (C=O) groups excluding carboxylic acids is 1. The molecule has 0 fully saturated rings. The van der Waals surface area contributed by atoms with Crippen LogP contribution >= 0.6 is 0 Å². The average Bonchev–Trinajstić information content (AvgIpc) is 3.30. The first kappa shape index (κ1) is 28.6. The summed E-state index contributed by atoms with van der Waals surface area (Å²) in [7, 11) is 1.63. The van der Waals surface area contributed by atoms with E-state index in [4.69, 9.17) is 13.9 Å². The zero-order valence-electron chi connectivity index (χ0n) is 20.7. The van der Waals surface area contributed by atoms with Gasteiger partial charge in [0.15, 0.2) is 17.3 Å². The third-order valence-electron chi connectivity index (χ3n) is 4.17. The van der Waals surface area contributed by atoms with Gasteiger partial charge in [0, 0.05) is 5.56 Å². The minimum absolute atomic E-state index is 0.0787. The number of ketones is 1. The first-order chi connectivity index (χ1) is 16.2. The van der Waals surface area contributed by atoms with Crippen LogP contribution in [-0.2, 0) is 6.42 Å². The Bertz CT molecular complexity index is 1020. The van der Waals surface area contributed by atoms with Crippen molar-refractivity contribution in [3.05, 3.63) is 60.0 Å². The SMILES string of the molecule is CC.CC(=O)c1ccccc1OC(F)F.CCc1coc(-c2ccc(OC)c(OC(C)C)c2)n1. The van der Waals surface area contributed by atoms with E-state index in [-0.39, 0.29) is 23.2 Å². The van der Waals surface area contributed by atoms with Gasteiger partial charge in [0.1, 0.15) is 12.0 Å². The molecular weight excluding hydrogens is 444 g/mol. The molecule has 0 aliphatic carbocycles. The molecule has 0 aliphatic heterocycles. The summed E-state index contributed by atoms with van der Waals surface area (Å²) in [6.45, 7) is 8.40. The number of methoxy groups -OCH3 is 1. The van der Waals surface area contributed by atoms with Crippen molar-refractivity contribution >= 4 is 5.78 Å². The highest BCUT2D eigenvalue weighted by molar-refractivity contribution is 5.96. The zero-order valence-corrected chi connectivity index (χ0v) is 20.7. The summed E-state index contributed by atoms with van der Waals surface area (Å²) in [5.41, 5.74) is 2.00. The Morgan fingerprint density at radius 1 is 1.03 bits per heavy atom. The lowest BCUT2D eigenvalue weighted by Crippen LogP contribution is -2.06. The fourth-order valence-electron chi connectivity index (χ4n) is 2.71. The van der Waals surface area contributed by atoms with E-state index in [2.05, 4.69) is 9.72 Å². The second-order valence-corrected chi connectivity index (χ2v) is 6.96. The first-order valence-corrected chi connectivity index (χ1v) is 11.1. The van der Waals surface area contributed by atoms with Gasteiger partial charge in [-0.25, -0.2) is 4.98 Å². The summed E-state index contributed by atoms with van der Waals surface area (Å²) >= 11 is 0. The summed E-state index contributed by atoms with van der Waals surface area (Å²) in [5, 5.41) is 0. The summed E-state index contributed by atoms with van der Waals surface area (Å²) in [4.78, 5) is 15.3. The molecule has 2 aromatic carbocycles. The number of nitrogens with zero attached hydrogens (tertiary/aromatic N) is 1. The number of hydrogen-bond acceptors (Lipinski definition) is 6. The van der Waals surface area contributed by atoms with Crippen molar-refractivity contribution in [1.82, 2.24) is 4.98 Å². The van der Waals surface area contributed by atoms with E-state index in [9.17, 15) is 13.6 Å². The third kappa shape index (κ3) is 8.84. The molecular formula is C26H33F2NO5. The first-order valence-electron chi connectivity index (χ1n) is 11.1. The van der Waals surface area contributed by atoms with Gasteiger partial charge in [-0.2, -0.15) is 8.78 Å². The number of aromatic nitrogens is 1. The molecule has 0 spiro atoms. The number of Topliss-reactive ketones (excluding diaryl/α,β-unsaturated/α-hetero) is 1. The summed E-state index contributed by atoms with van der Waals surface area (Å²) < 4.78 is 44.3. The van der Waals surface area contributed by atoms with Crippen molar-refractivity contribution in [2.75, 3.05) is 7.11 Å². The van der Waals surface area contributed by atoms with Gasteiger partial charge in [0.2, 0.25) is 5.89 Å². The van der Waals surface area contributed by atoms with Gasteiger partial charge >= 0.3 is 6.61 Å². The summed E-state index contributed by atoms with van der Waals surface area (Å²) in [5.74, 6) is 1.64. The number of rotatable bonds is 8. The largest absolute Gasteiger partial charge is 0.493 e. The molecule has 1 heterocycles. The number of halogens is 2. The predicted molar refractivity (Wildman–Crippen MR) is 128 cm³/mol. The molecule has 3 aromatic rings. The molecule has 0 atom stereocenters. The highest BCUT2D eigenvalue weighted by Crippen LogP contribution is 2.33. The number of alkyl halides is 2. The monoisotopic (exact) mass is 477 g/mol. The predicted octanol–water partition coefficient (Wildman–Crippen LogP) is 7.22. The van der Waals surface area contributed by atoms with Crippen molar-refractivity contribution < 1.29 is 32.2 Å². The van der Waals surface area contributed by atoms with E-state index in [1.807, 2.05) is 52.8 Å². The van der Waals surface area contributed by atoms with Crippen LogP contribution in [0.25, 0.3) is 11.5 Å². The van der Waals surface area contributed by atoms with E-state index >= 15 is 0 Å². The molecule has 34 heavy (non-hydrogen) atoms. The second-order valence-electron chi connectivity index (χ2n) is 6.96. The van der Waals surface area contributed by atoms with Crippen molar-refractivity contribution in [1.29, 1.82) is 0 Å². The van der Waals surface area contributed by atoms with Crippen LogP contribution in [0.5, 0.6) is 17.2 Å². The average molecular weight is 478 g/mol. The van der Waals surface area contributed by atoms with Crippen LogP contribution in [0, 0.1) is 0 Å². The Balaban J connectivity index is 0.000000337. The van der Waals surface area contributed by atoms with Crippen LogP contribution in [0.15, 0.2) is 53.1 Å². The van der Waals surface area contributed by atoms with Gasteiger partial charge in [-0.05, 0) is 57.5 Å². The van der Waals surface area contributed by atoms with E-state index < -0.39 is 6.61 Å². The zero-order chi connectivity index (χ0) is 25.7. The molecule has 0 saturated heterocycles. The van der Waals surface area contributed by atoms with Crippen LogP contribution in [0.1, 0.15) is 57.6 Å². The van der Waals surface area contributed by atoms with Crippen molar-refractivity contribution in [2.24, 2.45) is 0 Å². The Morgan fingerprint density at radius 3 is 2.24 bits per heavy atom. The highest BCUT2D eigenvalue weighted by atomic mass is 19.3. The highest BCUT2D eigenvalue weighted by Gasteiger charge is 2.13. The van der Waals surface area contributed by atoms with Gasteiger partial charge in [0.05, 0.1) is 24.5 Å². The Kier molecular flexibility index (Phi) is 12.3. The van der Waals surface area contributed by atoms with Crippen molar-refractivity contribution in [2.45, 2.75) is 60.7 Å². The van der Waals surface area contributed by atoms with Gasteiger partial charge in [-0.15, -0.1) is 0 Å². The topological polar surface area (TPSA) is 70.8 Å². The van der Waals surface area contributed by atoms with E-state index in [1.165, 1.54) is 25.1 Å². The number of oxazole rings is 1. The number of aryl methyl sites for hydroxylation is 1. The molecule has 6 nitrogen and oxygen atoms in total. The molecule has 0 aliphatic rings. The molecule has 0 radical (unpaired) electrons. The smallest absolute Gasteiger partial charge is 0.387 e. The second kappa shape index (κ2) is 14.7. The van der Waals surface area contributed by atoms with Crippen molar-refractivity contribution in [3.8, 4) is 28.7 Å². The fraction of sp³-hybridized carbons (Fsp3) is 0.385. The Hall–Kier alpha value is -3.42. The van der Waals surface area contributed by atoms with Gasteiger partial charge in [-0.3, -0.25) is 4.79 Å². The van der Waals surface area contributed by atoms with Gasteiger partial charge in [0.25, 0.3) is 0 Å². The number of carbonyl (C=O) groups is 1. The van der Waals surface area contributed by atoms with Crippen LogP contribution in [0.4, 0.5) is 8.78 Å².